The van der Waals surface area contributed by atoms with Crippen LogP contribution in [0, 0.1) is 5.92 Å². The van der Waals surface area contributed by atoms with Gasteiger partial charge >= 0.3 is 10.2 Å². The molecule has 0 aromatic heterocycles. The van der Waals surface area contributed by atoms with E-state index in [0.29, 0.717) is 19.0 Å². The molecule has 5 nitrogen and oxygen atoms in total. The molecule has 6 heteroatoms. The van der Waals surface area contributed by atoms with Gasteiger partial charge in [0.2, 0.25) is 0 Å². The third-order valence-electron chi connectivity index (χ3n) is 4.47. The molecule has 2 heterocycles. The standard InChI is InChI=1S/C15H23N3O2S/c1-12-6-9-18(10-7-12)21(19,20)17-15-4-2-3-13-5-8-16-11-14(13)15/h2-4,12,16-17H,5-11H2,1H3. The van der Waals surface area contributed by atoms with E-state index >= 15 is 0 Å². The number of piperidine rings is 1. The zero-order valence-corrected chi connectivity index (χ0v) is 13.2. The maximum atomic E-state index is 12.5. The van der Waals surface area contributed by atoms with Crippen molar-refractivity contribution in [3.8, 4) is 0 Å². The van der Waals surface area contributed by atoms with Crippen molar-refractivity contribution >= 4 is 15.9 Å². The number of hydrogen-bond donors (Lipinski definition) is 2. The molecule has 0 spiro atoms. The van der Waals surface area contributed by atoms with Crippen LogP contribution >= 0.6 is 0 Å². The van der Waals surface area contributed by atoms with Gasteiger partial charge in [-0.1, -0.05) is 19.1 Å². The van der Waals surface area contributed by atoms with Crippen LogP contribution in [-0.4, -0.2) is 32.4 Å². The summed E-state index contributed by atoms with van der Waals surface area (Å²) in [7, 11) is -3.44. The normalized spacial score (nSPS) is 21.0. The minimum Gasteiger partial charge on any atom is -0.312 e. The minimum absolute atomic E-state index is 0.615. The first-order chi connectivity index (χ1) is 10.1. The van der Waals surface area contributed by atoms with Crippen molar-refractivity contribution in [3.05, 3.63) is 29.3 Å². The lowest BCUT2D eigenvalue weighted by molar-refractivity contribution is 0.289. The maximum Gasteiger partial charge on any atom is 0.301 e. The molecule has 2 N–H and O–H groups in total. The Labute approximate surface area is 126 Å². The molecule has 116 valence electrons. The number of benzene rings is 1. The van der Waals surface area contributed by atoms with Gasteiger partial charge in [0, 0.05) is 19.6 Å². The van der Waals surface area contributed by atoms with Gasteiger partial charge in [0.15, 0.2) is 0 Å². The second-order valence-corrected chi connectivity index (χ2v) is 7.73. The van der Waals surface area contributed by atoms with E-state index in [1.165, 1.54) is 5.56 Å². The third kappa shape index (κ3) is 3.22. The zero-order chi connectivity index (χ0) is 14.9. The molecule has 0 amide bonds. The number of fused-ring (bicyclic) bond motifs is 1. The molecule has 0 atom stereocenters. The van der Waals surface area contributed by atoms with Gasteiger partial charge < -0.3 is 5.32 Å². The van der Waals surface area contributed by atoms with Crippen molar-refractivity contribution in [2.24, 2.45) is 5.92 Å². The molecule has 1 saturated heterocycles. The van der Waals surface area contributed by atoms with Crippen molar-refractivity contribution in [1.82, 2.24) is 9.62 Å². The van der Waals surface area contributed by atoms with Crippen LogP contribution in [0.4, 0.5) is 5.69 Å². The Bertz CT molecular complexity index is 607. The summed E-state index contributed by atoms with van der Waals surface area (Å²) in [6, 6.07) is 5.87. The summed E-state index contributed by atoms with van der Waals surface area (Å²) >= 11 is 0. The first kappa shape index (κ1) is 14.8. The number of anilines is 1. The minimum atomic E-state index is -3.44. The van der Waals surface area contributed by atoms with E-state index in [9.17, 15) is 8.42 Å². The van der Waals surface area contributed by atoms with Gasteiger partial charge in [0.05, 0.1) is 5.69 Å². The van der Waals surface area contributed by atoms with Gasteiger partial charge in [0.25, 0.3) is 0 Å². The quantitative estimate of drug-likeness (QED) is 0.894. The van der Waals surface area contributed by atoms with E-state index in [1.807, 2.05) is 12.1 Å². The Morgan fingerprint density at radius 2 is 2.05 bits per heavy atom. The molecule has 1 aromatic carbocycles. The summed E-state index contributed by atoms with van der Waals surface area (Å²) in [6.07, 6.45) is 2.83. The van der Waals surface area contributed by atoms with Crippen molar-refractivity contribution < 1.29 is 8.42 Å². The summed E-state index contributed by atoms with van der Waals surface area (Å²) in [4.78, 5) is 0. The lowest BCUT2D eigenvalue weighted by Gasteiger charge is -2.30. The van der Waals surface area contributed by atoms with Crippen LogP contribution in [0.25, 0.3) is 0 Å². The first-order valence-corrected chi connectivity index (χ1v) is 9.09. The van der Waals surface area contributed by atoms with Crippen LogP contribution in [0.1, 0.15) is 30.9 Å². The van der Waals surface area contributed by atoms with Gasteiger partial charge in [-0.3, -0.25) is 4.72 Å². The second-order valence-electron chi connectivity index (χ2n) is 6.06. The molecule has 0 saturated carbocycles. The van der Waals surface area contributed by atoms with E-state index in [-0.39, 0.29) is 0 Å². The van der Waals surface area contributed by atoms with E-state index in [2.05, 4.69) is 23.0 Å². The number of nitrogens with zero attached hydrogens (tertiary/aromatic N) is 1. The highest BCUT2D eigenvalue weighted by molar-refractivity contribution is 7.90. The second kappa shape index (κ2) is 5.94. The van der Waals surface area contributed by atoms with Crippen molar-refractivity contribution in [2.45, 2.75) is 32.7 Å². The predicted octanol–water partition coefficient (Wildman–Crippen LogP) is 1.72. The summed E-state index contributed by atoms with van der Waals surface area (Å²) < 4.78 is 29.4. The average Bonchev–Trinajstić information content (AvgIpc) is 2.48. The fraction of sp³-hybridized carbons (Fsp3) is 0.600. The largest absolute Gasteiger partial charge is 0.312 e. The summed E-state index contributed by atoms with van der Waals surface area (Å²) in [5.41, 5.74) is 3.04. The Balaban J connectivity index is 1.79. The van der Waals surface area contributed by atoms with E-state index in [1.54, 1.807) is 4.31 Å². The molecule has 2 aliphatic heterocycles. The SMILES string of the molecule is CC1CCN(S(=O)(=O)Nc2cccc3c2CNCC3)CC1. The molecule has 0 radical (unpaired) electrons. The third-order valence-corrected chi connectivity index (χ3v) is 5.99. The van der Waals surface area contributed by atoms with Gasteiger partial charge in [-0.2, -0.15) is 12.7 Å². The lowest BCUT2D eigenvalue weighted by atomic mass is 10.00. The number of hydrogen-bond acceptors (Lipinski definition) is 3. The highest BCUT2D eigenvalue weighted by Gasteiger charge is 2.27. The maximum absolute atomic E-state index is 12.5. The van der Waals surface area contributed by atoms with Gasteiger partial charge in [-0.15, -0.1) is 0 Å². The molecule has 1 fully saturated rings. The fourth-order valence-electron chi connectivity index (χ4n) is 3.04. The van der Waals surface area contributed by atoms with Crippen LogP contribution in [0.15, 0.2) is 18.2 Å². The molecule has 21 heavy (non-hydrogen) atoms. The molecular formula is C15H23N3O2S. The van der Waals surface area contributed by atoms with Gasteiger partial charge in [-0.05, 0) is 48.9 Å². The number of nitrogens with one attached hydrogen (secondary N) is 2. The first-order valence-electron chi connectivity index (χ1n) is 7.65. The topological polar surface area (TPSA) is 61.4 Å². The molecular weight excluding hydrogens is 286 g/mol. The zero-order valence-electron chi connectivity index (χ0n) is 12.4. The van der Waals surface area contributed by atoms with Crippen LogP contribution < -0.4 is 10.0 Å². The van der Waals surface area contributed by atoms with E-state index in [4.69, 9.17) is 0 Å². The molecule has 1 aromatic rings. The highest BCUT2D eigenvalue weighted by atomic mass is 32.2. The Morgan fingerprint density at radius 3 is 2.81 bits per heavy atom. The van der Waals surface area contributed by atoms with Gasteiger partial charge in [0.1, 0.15) is 0 Å². The molecule has 2 aliphatic rings. The number of rotatable bonds is 3. The monoisotopic (exact) mass is 309 g/mol. The Kier molecular flexibility index (Phi) is 4.19. The summed E-state index contributed by atoms with van der Waals surface area (Å²) in [5, 5.41) is 3.30. The Morgan fingerprint density at radius 1 is 1.29 bits per heavy atom. The van der Waals surface area contributed by atoms with Crippen LogP contribution in [-0.2, 0) is 23.2 Å². The molecule has 3 rings (SSSR count). The van der Waals surface area contributed by atoms with Crippen molar-refractivity contribution in [3.63, 3.8) is 0 Å². The van der Waals surface area contributed by atoms with Gasteiger partial charge in [-0.25, -0.2) is 0 Å². The van der Waals surface area contributed by atoms with E-state index in [0.717, 1.165) is 43.6 Å². The van der Waals surface area contributed by atoms with Crippen LogP contribution in [0.2, 0.25) is 0 Å². The fourth-order valence-corrected chi connectivity index (χ4v) is 4.33. The lowest BCUT2D eigenvalue weighted by Crippen LogP contribution is -2.41. The van der Waals surface area contributed by atoms with Crippen LogP contribution in [0.5, 0.6) is 0 Å². The molecule has 0 aliphatic carbocycles. The smallest absolute Gasteiger partial charge is 0.301 e. The van der Waals surface area contributed by atoms with Crippen LogP contribution in [0.3, 0.4) is 0 Å². The van der Waals surface area contributed by atoms with Crippen molar-refractivity contribution in [1.29, 1.82) is 0 Å². The molecule has 0 bridgehead atoms. The molecule has 0 unspecified atom stereocenters. The predicted molar refractivity (Wildman–Crippen MR) is 84.4 cm³/mol. The summed E-state index contributed by atoms with van der Waals surface area (Å²) in [6.45, 7) is 5.09. The average molecular weight is 309 g/mol. The van der Waals surface area contributed by atoms with Crippen molar-refractivity contribution in [2.75, 3.05) is 24.4 Å². The van der Waals surface area contributed by atoms with E-state index < -0.39 is 10.2 Å². The summed E-state index contributed by atoms with van der Waals surface area (Å²) in [5.74, 6) is 0.616. The highest BCUT2D eigenvalue weighted by Crippen LogP contribution is 2.26. The Hall–Kier alpha value is -1.11.